The molecule has 1 aliphatic carbocycles. The molecule has 0 saturated heterocycles. The first-order valence-corrected chi connectivity index (χ1v) is 7.19. The van der Waals surface area contributed by atoms with Gasteiger partial charge in [0.25, 0.3) is 0 Å². The minimum atomic E-state index is 0.786. The van der Waals surface area contributed by atoms with Crippen LogP contribution in [0.2, 0.25) is 0 Å². The van der Waals surface area contributed by atoms with Crippen LogP contribution in [0.4, 0.5) is 0 Å². The molecule has 2 aromatic carbocycles. The fourth-order valence-electron chi connectivity index (χ4n) is 3.29. The Hall–Kier alpha value is -1.30. The van der Waals surface area contributed by atoms with E-state index in [2.05, 4.69) is 43.3 Å². The summed E-state index contributed by atoms with van der Waals surface area (Å²) in [7, 11) is 0. The lowest BCUT2D eigenvalue weighted by Gasteiger charge is -2.23. The highest BCUT2D eigenvalue weighted by molar-refractivity contribution is 5.86. The molecule has 3 rings (SSSR count). The lowest BCUT2D eigenvalue weighted by Crippen LogP contribution is -2.05. The van der Waals surface area contributed by atoms with Crippen LogP contribution in [0.1, 0.15) is 49.1 Å². The van der Waals surface area contributed by atoms with E-state index in [4.69, 9.17) is 0 Å². The first-order chi connectivity index (χ1) is 8.88. The molecule has 2 aromatic rings. The molecule has 1 aliphatic rings. The molecule has 0 bridgehead atoms. The van der Waals surface area contributed by atoms with E-state index in [9.17, 15) is 0 Å². The third-order valence-electron chi connectivity index (χ3n) is 4.32. The Morgan fingerprint density at radius 2 is 1.78 bits per heavy atom. The van der Waals surface area contributed by atoms with Gasteiger partial charge in [0.05, 0.1) is 0 Å². The number of hydrogen-bond donors (Lipinski definition) is 0. The van der Waals surface area contributed by atoms with Crippen molar-refractivity contribution in [2.24, 2.45) is 0 Å². The van der Waals surface area contributed by atoms with E-state index in [1.807, 2.05) is 0 Å². The monoisotopic (exact) mass is 237 g/mol. The van der Waals surface area contributed by atoms with Crippen molar-refractivity contribution >= 4 is 10.8 Å². The molecule has 0 unspecified atom stereocenters. The fourth-order valence-corrected chi connectivity index (χ4v) is 3.29. The van der Waals surface area contributed by atoms with Crippen molar-refractivity contribution in [3.8, 4) is 0 Å². The van der Waals surface area contributed by atoms with Crippen molar-refractivity contribution in [2.75, 3.05) is 0 Å². The van der Waals surface area contributed by atoms with E-state index in [0.29, 0.717) is 0 Å². The fraction of sp³-hybridized carbons (Fsp3) is 0.389. The molecule has 0 amide bonds. The second-order valence-corrected chi connectivity index (χ2v) is 5.49. The summed E-state index contributed by atoms with van der Waals surface area (Å²) in [5.74, 6) is 0.786. The number of rotatable bonds is 2. The zero-order valence-electron chi connectivity index (χ0n) is 11.0. The minimum Gasteiger partial charge on any atom is -0.0616 e. The van der Waals surface area contributed by atoms with Gasteiger partial charge in [-0.2, -0.15) is 0 Å². The number of fused-ring (bicyclic) bond motifs is 1. The van der Waals surface area contributed by atoms with E-state index < -0.39 is 0 Å². The molecule has 0 heteroatoms. The third kappa shape index (κ3) is 2.16. The molecule has 0 aliphatic heterocycles. The molecule has 0 aromatic heterocycles. The summed E-state index contributed by atoms with van der Waals surface area (Å²) < 4.78 is 0. The molecule has 1 radical (unpaired) electrons. The van der Waals surface area contributed by atoms with Crippen LogP contribution in [0.5, 0.6) is 0 Å². The lowest BCUT2D eigenvalue weighted by atomic mass is 9.82. The lowest BCUT2D eigenvalue weighted by molar-refractivity contribution is 0.444. The second kappa shape index (κ2) is 5.14. The van der Waals surface area contributed by atoms with Crippen LogP contribution in [0, 0.1) is 6.92 Å². The van der Waals surface area contributed by atoms with E-state index in [1.54, 1.807) is 5.56 Å². The van der Waals surface area contributed by atoms with Gasteiger partial charge in [-0.15, -0.1) is 0 Å². The summed E-state index contributed by atoms with van der Waals surface area (Å²) in [5, 5.41) is 2.77. The van der Waals surface area contributed by atoms with Gasteiger partial charge in [-0.05, 0) is 54.0 Å². The van der Waals surface area contributed by atoms with Gasteiger partial charge < -0.3 is 0 Å². The topological polar surface area (TPSA) is 0 Å². The maximum absolute atomic E-state index is 4.09. The van der Waals surface area contributed by atoms with Gasteiger partial charge in [0, 0.05) is 0 Å². The minimum absolute atomic E-state index is 0.786. The van der Waals surface area contributed by atoms with Crippen molar-refractivity contribution in [1.82, 2.24) is 0 Å². The molecule has 18 heavy (non-hydrogen) atoms. The Balaban J connectivity index is 2.07. The van der Waals surface area contributed by atoms with Crippen molar-refractivity contribution in [2.45, 2.75) is 44.4 Å². The zero-order valence-corrected chi connectivity index (χ0v) is 11.0. The smallest absolute Gasteiger partial charge is 0.0152 e. The second-order valence-electron chi connectivity index (χ2n) is 5.49. The normalized spacial score (nSPS) is 17.2. The summed E-state index contributed by atoms with van der Waals surface area (Å²) >= 11 is 0. The molecule has 1 fully saturated rings. The van der Waals surface area contributed by atoms with Crippen molar-refractivity contribution < 1.29 is 0 Å². The highest BCUT2D eigenvalue weighted by atomic mass is 14.2. The van der Waals surface area contributed by atoms with Gasteiger partial charge in [0.1, 0.15) is 0 Å². The first kappa shape index (κ1) is 11.8. The van der Waals surface area contributed by atoms with Gasteiger partial charge in [0.2, 0.25) is 0 Å². The molecular weight excluding hydrogens is 216 g/mol. The molecule has 0 spiro atoms. The van der Waals surface area contributed by atoms with Crippen LogP contribution >= 0.6 is 0 Å². The number of hydrogen-bond acceptors (Lipinski definition) is 0. The van der Waals surface area contributed by atoms with Crippen LogP contribution in [0.25, 0.3) is 10.8 Å². The highest BCUT2D eigenvalue weighted by Gasteiger charge is 2.16. The highest BCUT2D eigenvalue weighted by Crippen LogP contribution is 2.35. The molecule has 1 saturated carbocycles. The van der Waals surface area contributed by atoms with Crippen LogP contribution < -0.4 is 0 Å². The summed E-state index contributed by atoms with van der Waals surface area (Å²) in [6.45, 7) is 4.09. The van der Waals surface area contributed by atoms with E-state index in [-0.39, 0.29) is 0 Å². The summed E-state index contributed by atoms with van der Waals surface area (Å²) in [5.41, 5.74) is 2.96. The van der Waals surface area contributed by atoms with Gasteiger partial charge in [-0.1, -0.05) is 55.7 Å². The summed E-state index contributed by atoms with van der Waals surface area (Å²) in [4.78, 5) is 0. The maximum Gasteiger partial charge on any atom is -0.0152 e. The van der Waals surface area contributed by atoms with Crippen LogP contribution in [0.3, 0.4) is 0 Å². The zero-order chi connectivity index (χ0) is 12.4. The Kier molecular flexibility index (Phi) is 3.36. The standard InChI is InChI=1S/C18H21/c1-2-14-12-17(15-8-4-3-5-9-15)13-16-10-6-7-11-18(14)16/h6-7,10-13,15H,1-5,8-9H2. The molecule has 0 nitrogen and oxygen atoms in total. The van der Waals surface area contributed by atoms with E-state index >= 15 is 0 Å². The third-order valence-corrected chi connectivity index (χ3v) is 4.32. The van der Waals surface area contributed by atoms with Crippen molar-refractivity contribution in [1.29, 1.82) is 0 Å². The molecule has 93 valence electrons. The summed E-state index contributed by atoms with van der Waals surface area (Å²) in [6.07, 6.45) is 7.85. The Morgan fingerprint density at radius 1 is 1.00 bits per heavy atom. The maximum atomic E-state index is 4.09. The SMILES string of the molecule is [CH2]Cc1cc(C2CCCCC2)cc2ccccc12. The quantitative estimate of drug-likeness (QED) is 0.668. The van der Waals surface area contributed by atoms with Gasteiger partial charge in [-0.25, -0.2) is 0 Å². The molecule has 0 heterocycles. The average molecular weight is 237 g/mol. The van der Waals surface area contributed by atoms with Crippen LogP contribution in [-0.2, 0) is 6.42 Å². The van der Waals surface area contributed by atoms with E-state index in [1.165, 1.54) is 48.4 Å². The van der Waals surface area contributed by atoms with Crippen molar-refractivity contribution in [3.05, 3.63) is 54.4 Å². The first-order valence-electron chi connectivity index (χ1n) is 7.19. The van der Waals surface area contributed by atoms with Crippen LogP contribution in [-0.4, -0.2) is 0 Å². The molecule has 0 atom stereocenters. The largest absolute Gasteiger partial charge is 0.0616 e. The van der Waals surface area contributed by atoms with Gasteiger partial charge in [-0.3, -0.25) is 0 Å². The Morgan fingerprint density at radius 3 is 2.56 bits per heavy atom. The Labute approximate surface area is 110 Å². The molecular formula is C18H21. The number of benzene rings is 2. The van der Waals surface area contributed by atoms with Crippen molar-refractivity contribution in [3.63, 3.8) is 0 Å². The summed E-state index contributed by atoms with van der Waals surface area (Å²) in [6, 6.07) is 13.5. The van der Waals surface area contributed by atoms with Gasteiger partial charge in [0.15, 0.2) is 0 Å². The predicted molar refractivity (Wildman–Crippen MR) is 78.8 cm³/mol. The molecule has 0 N–H and O–H groups in total. The van der Waals surface area contributed by atoms with Crippen LogP contribution in [0.15, 0.2) is 36.4 Å². The van der Waals surface area contributed by atoms with Gasteiger partial charge >= 0.3 is 0 Å². The average Bonchev–Trinajstić information content (AvgIpc) is 2.47. The Bertz CT molecular complexity index is 533. The van der Waals surface area contributed by atoms with E-state index in [0.717, 1.165) is 12.3 Å². The predicted octanol–water partition coefficient (Wildman–Crippen LogP) is 5.26.